The third-order valence-corrected chi connectivity index (χ3v) is 5.39. The Labute approximate surface area is 165 Å². The van der Waals surface area contributed by atoms with Crippen LogP contribution in [-0.4, -0.2) is 60.9 Å². The molecule has 0 aromatic heterocycles. The first kappa shape index (κ1) is 18.7. The molecule has 2 amide bonds. The van der Waals surface area contributed by atoms with Crippen LogP contribution in [0.3, 0.4) is 0 Å². The lowest BCUT2D eigenvalue weighted by atomic mass is 10.00. The Hall–Kier alpha value is -2.70. The van der Waals surface area contributed by atoms with Gasteiger partial charge in [0.2, 0.25) is 5.91 Å². The van der Waals surface area contributed by atoms with Gasteiger partial charge in [-0.3, -0.25) is 19.4 Å². The number of carbonyl (C=O) groups is 2. The van der Waals surface area contributed by atoms with Gasteiger partial charge in [0.15, 0.2) is 0 Å². The fourth-order valence-electron chi connectivity index (χ4n) is 3.86. The van der Waals surface area contributed by atoms with Gasteiger partial charge in [-0.1, -0.05) is 30.3 Å². The minimum atomic E-state index is -0.0347. The highest BCUT2D eigenvalue weighted by Gasteiger charge is 2.20. The summed E-state index contributed by atoms with van der Waals surface area (Å²) in [6, 6.07) is 16.0. The number of benzene rings is 2. The maximum atomic E-state index is 12.4. The Bertz CT molecular complexity index is 845. The first-order valence-electron chi connectivity index (χ1n) is 9.87. The third kappa shape index (κ3) is 4.58. The second-order valence-electron chi connectivity index (χ2n) is 7.46. The fraction of sp³-hybridized carbons (Fsp3) is 0.364. The van der Waals surface area contributed by atoms with Crippen LogP contribution in [0.1, 0.15) is 21.5 Å². The van der Waals surface area contributed by atoms with E-state index in [0.717, 1.165) is 50.4 Å². The lowest BCUT2D eigenvalue weighted by molar-refractivity contribution is -0.117. The van der Waals surface area contributed by atoms with Crippen LogP contribution in [-0.2, 0) is 17.8 Å². The van der Waals surface area contributed by atoms with Crippen LogP contribution in [0.2, 0.25) is 0 Å². The van der Waals surface area contributed by atoms with Crippen LogP contribution in [0.4, 0.5) is 5.69 Å². The topological polar surface area (TPSA) is 64.7 Å². The van der Waals surface area contributed by atoms with E-state index in [9.17, 15) is 9.59 Å². The Morgan fingerprint density at radius 3 is 2.54 bits per heavy atom. The van der Waals surface area contributed by atoms with Gasteiger partial charge < -0.3 is 10.6 Å². The molecule has 146 valence electrons. The Morgan fingerprint density at radius 2 is 1.75 bits per heavy atom. The SMILES string of the molecule is O=C(CN1CCN(Cc2ccccc2)CC1)Nc1ccc2c(c1)CCNC2=O. The number of hydrogen-bond donors (Lipinski definition) is 2. The van der Waals surface area contributed by atoms with E-state index in [2.05, 4.69) is 44.7 Å². The highest BCUT2D eigenvalue weighted by Crippen LogP contribution is 2.19. The molecule has 1 saturated heterocycles. The van der Waals surface area contributed by atoms with E-state index >= 15 is 0 Å². The van der Waals surface area contributed by atoms with Crippen molar-refractivity contribution in [2.75, 3.05) is 44.6 Å². The van der Waals surface area contributed by atoms with Gasteiger partial charge in [0.05, 0.1) is 6.54 Å². The normalized spacial score (nSPS) is 17.6. The molecule has 1 fully saturated rings. The molecule has 2 aromatic rings. The van der Waals surface area contributed by atoms with Gasteiger partial charge in [-0.05, 0) is 35.7 Å². The van der Waals surface area contributed by atoms with E-state index in [1.807, 2.05) is 12.1 Å². The van der Waals surface area contributed by atoms with Crippen molar-refractivity contribution in [1.29, 1.82) is 0 Å². The fourth-order valence-corrected chi connectivity index (χ4v) is 3.86. The zero-order valence-electron chi connectivity index (χ0n) is 16.0. The van der Waals surface area contributed by atoms with E-state index < -0.39 is 0 Å². The number of piperazine rings is 1. The Kier molecular flexibility index (Phi) is 5.69. The van der Waals surface area contributed by atoms with Crippen molar-refractivity contribution >= 4 is 17.5 Å². The summed E-state index contributed by atoms with van der Waals surface area (Å²) in [5.41, 5.74) is 3.80. The first-order chi connectivity index (χ1) is 13.7. The smallest absolute Gasteiger partial charge is 0.251 e. The Balaban J connectivity index is 1.25. The number of hydrogen-bond acceptors (Lipinski definition) is 4. The van der Waals surface area contributed by atoms with Crippen LogP contribution in [0.25, 0.3) is 0 Å². The molecule has 2 N–H and O–H groups in total. The molecule has 2 aromatic carbocycles. The van der Waals surface area contributed by atoms with Gasteiger partial charge in [0, 0.05) is 50.5 Å². The monoisotopic (exact) mass is 378 g/mol. The van der Waals surface area contributed by atoms with Gasteiger partial charge in [-0.15, -0.1) is 0 Å². The van der Waals surface area contributed by atoms with Gasteiger partial charge in [0.25, 0.3) is 5.91 Å². The van der Waals surface area contributed by atoms with Crippen molar-refractivity contribution in [3.63, 3.8) is 0 Å². The van der Waals surface area contributed by atoms with Crippen molar-refractivity contribution in [3.8, 4) is 0 Å². The van der Waals surface area contributed by atoms with E-state index in [1.54, 1.807) is 12.1 Å². The standard InChI is InChI=1S/C22H26N4O2/c27-21(24-19-6-7-20-18(14-19)8-9-23-22(20)28)16-26-12-10-25(11-13-26)15-17-4-2-1-3-5-17/h1-7,14H,8-13,15-16H2,(H,23,28)(H,24,27). The quantitative estimate of drug-likeness (QED) is 0.832. The van der Waals surface area contributed by atoms with Gasteiger partial charge >= 0.3 is 0 Å². The number of carbonyl (C=O) groups excluding carboxylic acids is 2. The molecule has 0 spiro atoms. The van der Waals surface area contributed by atoms with Crippen molar-refractivity contribution in [1.82, 2.24) is 15.1 Å². The van der Waals surface area contributed by atoms with Gasteiger partial charge in [0.1, 0.15) is 0 Å². The summed E-state index contributed by atoms with van der Waals surface area (Å²) in [5.74, 6) is -0.0378. The van der Waals surface area contributed by atoms with Crippen LogP contribution in [0.15, 0.2) is 48.5 Å². The van der Waals surface area contributed by atoms with Crippen molar-refractivity contribution in [2.24, 2.45) is 0 Å². The highest BCUT2D eigenvalue weighted by molar-refractivity contribution is 5.98. The van der Waals surface area contributed by atoms with E-state index in [-0.39, 0.29) is 11.8 Å². The summed E-state index contributed by atoms with van der Waals surface area (Å²) in [4.78, 5) is 28.9. The van der Waals surface area contributed by atoms with Crippen LogP contribution >= 0.6 is 0 Å². The number of rotatable bonds is 5. The summed E-state index contributed by atoms with van der Waals surface area (Å²) in [7, 11) is 0. The number of anilines is 1. The van der Waals surface area contributed by atoms with E-state index in [0.29, 0.717) is 18.7 Å². The summed E-state index contributed by atoms with van der Waals surface area (Å²) in [6.45, 7) is 5.73. The molecule has 4 rings (SSSR count). The average molecular weight is 378 g/mol. The van der Waals surface area contributed by atoms with Crippen molar-refractivity contribution in [3.05, 3.63) is 65.2 Å². The van der Waals surface area contributed by atoms with Crippen LogP contribution in [0, 0.1) is 0 Å². The van der Waals surface area contributed by atoms with Gasteiger partial charge in [-0.2, -0.15) is 0 Å². The highest BCUT2D eigenvalue weighted by atomic mass is 16.2. The number of nitrogens with one attached hydrogen (secondary N) is 2. The van der Waals surface area contributed by atoms with E-state index in [1.165, 1.54) is 5.56 Å². The predicted octanol–water partition coefficient (Wildman–Crippen LogP) is 1.73. The zero-order valence-corrected chi connectivity index (χ0v) is 16.0. The average Bonchev–Trinajstić information content (AvgIpc) is 2.70. The molecule has 0 radical (unpaired) electrons. The minimum absolute atomic E-state index is 0.00304. The minimum Gasteiger partial charge on any atom is -0.352 e. The zero-order chi connectivity index (χ0) is 19.3. The molecule has 6 nitrogen and oxygen atoms in total. The summed E-state index contributed by atoms with van der Waals surface area (Å²) in [5, 5.41) is 5.81. The molecule has 0 atom stereocenters. The van der Waals surface area contributed by atoms with Crippen molar-refractivity contribution < 1.29 is 9.59 Å². The molecular weight excluding hydrogens is 352 g/mol. The van der Waals surface area contributed by atoms with Crippen LogP contribution < -0.4 is 10.6 Å². The first-order valence-corrected chi connectivity index (χ1v) is 9.87. The molecule has 0 aliphatic carbocycles. The predicted molar refractivity (Wildman–Crippen MR) is 109 cm³/mol. The number of amides is 2. The second kappa shape index (κ2) is 8.54. The maximum absolute atomic E-state index is 12.4. The summed E-state index contributed by atoms with van der Waals surface area (Å²) >= 11 is 0. The molecule has 28 heavy (non-hydrogen) atoms. The van der Waals surface area contributed by atoms with Gasteiger partial charge in [-0.25, -0.2) is 0 Å². The molecule has 0 bridgehead atoms. The number of nitrogens with zero attached hydrogens (tertiary/aromatic N) is 2. The molecule has 6 heteroatoms. The second-order valence-corrected chi connectivity index (χ2v) is 7.46. The molecule has 0 saturated carbocycles. The molecular formula is C22H26N4O2. The number of fused-ring (bicyclic) bond motifs is 1. The maximum Gasteiger partial charge on any atom is 0.251 e. The lowest BCUT2D eigenvalue weighted by Crippen LogP contribution is -2.48. The largest absolute Gasteiger partial charge is 0.352 e. The van der Waals surface area contributed by atoms with Crippen LogP contribution in [0.5, 0.6) is 0 Å². The van der Waals surface area contributed by atoms with Crippen molar-refractivity contribution in [2.45, 2.75) is 13.0 Å². The third-order valence-electron chi connectivity index (χ3n) is 5.39. The lowest BCUT2D eigenvalue weighted by Gasteiger charge is -2.34. The Morgan fingerprint density at radius 1 is 1.00 bits per heavy atom. The van der Waals surface area contributed by atoms with E-state index in [4.69, 9.17) is 0 Å². The summed E-state index contributed by atoms with van der Waals surface area (Å²) < 4.78 is 0. The molecule has 2 aliphatic heterocycles. The molecule has 2 aliphatic rings. The summed E-state index contributed by atoms with van der Waals surface area (Å²) in [6.07, 6.45) is 0.800. The molecule has 2 heterocycles. The molecule has 0 unspecified atom stereocenters.